The summed E-state index contributed by atoms with van der Waals surface area (Å²) >= 11 is 1.44. The van der Waals surface area contributed by atoms with Crippen molar-refractivity contribution in [1.29, 1.82) is 0 Å². The van der Waals surface area contributed by atoms with Gasteiger partial charge < -0.3 is 10.4 Å². The van der Waals surface area contributed by atoms with E-state index in [1.165, 1.54) is 11.3 Å². The number of carbonyl (C=O) groups is 1. The maximum Gasteiger partial charge on any atom is 0.240 e. The summed E-state index contributed by atoms with van der Waals surface area (Å²) < 4.78 is 0. The molecule has 0 atom stereocenters. The molecule has 0 aliphatic carbocycles. The van der Waals surface area contributed by atoms with Crippen LogP contribution in [-0.2, 0) is 4.79 Å². The molecule has 1 amide bonds. The number of piperazine rings is 1. The summed E-state index contributed by atoms with van der Waals surface area (Å²) in [6.45, 7) is 4.76. The van der Waals surface area contributed by atoms with Gasteiger partial charge in [0.15, 0.2) is 5.13 Å². The molecular formula is C17H22N4O2S. The molecule has 2 N–H and O–H groups in total. The number of nitrogens with zero attached hydrogens (tertiary/aromatic N) is 3. The van der Waals surface area contributed by atoms with Crippen molar-refractivity contribution in [1.82, 2.24) is 14.8 Å². The Bertz CT molecular complexity index is 654. The van der Waals surface area contributed by atoms with Gasteiger partial charge in [-0.15, -0.1) is 11.3 Å². The summed E-state index contributed by atoms with van der Waals surface area (Å²) in [7, 11) is 0. The van der Waals surface area contributed by atoms with Gasteiger partial charge in [-0.1, -0.05) is 30.3 Å². The van der Waals surface area contributed by atoms with E-state index in [0.717, 1.165) is 37.4 Å². The van der Waals surface area contributed by atoms with Crippen molar-refractivity contribution < 1.29 is 9.90 Å². The molecule has 128 valence electrons. The first kappa shape index (κ1) is 17.0. The lowest BCUT2D eigenvalue weighted by molar-refractivity contribution is -0.117. The zero-order valence-electron chi connectivity index (χ0n) is 13.5. The SMILES string of the molecule is O=C(CN1CCN(CCO)CC1)Nc1nc(-c2ccccc2)cs1. The molecule has 3 rings (SSSR count). The number of aromatic nitrogens is 1. The fourth-order valence-corrected chi connectivity index (χ4v) is 3.48. The molecule has 7 heteroatoms. The number of carbonyl (C=O) groups excluding carboxylic acids is 1. The van der Waals surface area contributed by atoms with Crippen LogP contribution in [0, 0.1) is 0 Å². The molecule has 0 radical (unpaired) electrons. The molecule has 1 aliphatic rings. The fraction of sp³-hybridized carbons (Fsp3) is 0.412. The minimum absolute atomic E-state index is 0.0282. The summed E-state index contributed by atoms with van der Waals surface area (Å²) in [5, 5.41) is 14.4. The average molecular weight is 346 g/mol. The highest BCUT2D eigenvalue weighted by atomic mass is 32.1. The second-order valence-corrected chi connectivity index (χ2v) is 6.65. The molecule has 0 saturated carbocycles. The Morgan fingerprint density at radius 3 is 2.58 bits per heavy atom. The number of benzene rings is 1. The van der Waals surface area contributed by atoms with Gasteiger partial charge in [0.25, 0.3) is 0 Å². The van der Waals surface area contributed by atoms with Gasteiger partial charge in [0.1, 0.15) is 0 Å². The van der Waals surface area contributed by atoms with Gasteiger partial charge >= 0.3 is 0 Å². The van der Waals surface area contributed by atoms with E-state index in [4.69, 9.17) is 5.11 Å². The van der Waals surface area contributed by atoms with E-state index in [0.29, 0.717) is 18.2 Å². The predicted molar refractivity (Wildman–Crippen MR) is 96.1 cm³/mol. The second-order valence-electron chi connectivity index (χ2n) is 5.79. The van der Waals surface area contributed by atoms with Crippen molar-refractivity contribution >= 4 is 22.4 Å². The largest absolute Gasteiger partial charge is 0.395 e. The Kier molecular flexibility index (Phi) is 5.92. The Morgan fingerprint density at radius 1 is 1.17 bits per heavy atom. The molecular weight excluding hydrogens is 324 g/mol. The molecule has 24 heavy (non-hydrogen) atoms. The zero-order chi connectivity index (χ0) is 16.8. The minimum atomic E-state index is -0.0282. The van der Waals surface area contributed by atoms with Gasteiger partial charge in [0, 0.05) is 43.7 Å². The summed E-state index contributed by atoms with van der Waals surface area (Å²) in [6.07, 6.45) is 0. The molecule has 2 aromatic rings. The van der Waals surface area contributed by atoms with Crippen LogP contribution in [0.1, 0.15) is 0 Å². The molecule has 1 saturated heterocycles. The number of nitrogens with one attached hydrogen (secondary N) is 1. The standard InChI is InChI=1S/C17H22N4O2S/c22-11-10-20-6-8-21(9-7-20)12-16(23)19-17-18-15(13-24-17)14-4-2-1-3-5-14/h1-5,13,22H,6-12H2,(H,18,19,23). The highest BCUT2D eigenvalue weighted by Crippen LogP contribution is 2.24. The lowest BCUT2D eigenvalue weighted by Crippen LogP contribution is -2.49. The van der Waals surface area contributed by atoms with Crippen LogP contribution in [0.4, 0.5) is 5.13 Å². The third-order valence-electron chi connectivity index (χ3n) is 4.07. The van der Waals surface area contributed by atoms with Crippen molar-refractivity contribution in [3.63, 3.8) is 0 Å². The smallest absolute Gasteiger partial charge is 0.240 e. The third-order valence-corrected chi connectivity index (χ3v) is 4.83. The number of anilines is 1. The van der Waals surface area contributed by atoms with E-state index < -0.39 is 0 Å². The number of rotatable bonds is 6. The van der Waals surface area contributed by atoms with Crippen molar-refractivity contribution in [2.75, 3.05) is 51.2 Å². The van der Waals surface area contributed by atoms with E-state index in [-0.39, 0.29) is 12.5 Å². The number of aliphatic hydroxyl groups is 1. The Balaban J connectivity index is 1.48. The normalized spacial score (nSPS) is 16.2. The first-order valence-corrected chi connectivity index (χ1v) is 8.99. The first-order valence-electron chi connectivity index (χ1n) is 8.11. The topological polar surface area (TPSA) is 68.7 Å². The Morgan fingerprint density at radius 2 is 1.88 bits per heavy atom. The lowest BCUT2D eigenvalue weighted by Gasteiger charge is -2.33. The number of aliphatic hydroxyl groups excluding tert-OH is 1. The summed E-state index contributed by atoms with van der Waals surface area (Å²) in [5.41, 5.74) is 1.93. The summed E-state index contributed by atoms with van der Waals surface area (Å²) in [5.74, 6) is -0.0282. The van der Waals surface area contributed by atoms with E-state index >= 15 is 0 Å². The van der Waals surface area contributed by atoms with Gasteiger partial charge in [-0.25, -0.2) is 4.98 Å². The average Bonchev–Trinajstić information content (AvgIpc) is 3.06. The molecule has 1 aromatic heterocycles. The van der Waals surface area contributed by atoms with Crippen molar-refractivity contribution in [2.45, 2.75) is 0 Å². The molecule has 0 unspecified atom stereocenters. The van der Waals surface area contributed by atoms with Crippen LogP contribution < -0.4 is 5.32 Å². The van der Waals surface area contributed by atoms with Crippen LogP contribution >= 0.6 is 11.3 Å². The first-order chi connectivity index (χ1) is 11.7. The van der Waals surface area contributed by atoms with Gasteiger partial charge in [-0.2, -0.15) is 0 Å². The van der Waals surface area contributed by atoms with E-state index in [1.54, 1.807) is 0 Å². The van der Waals surface area contributed by atoms with Gasteiger partial charge in [-0.3, -0.25) is 14.6 Å². The van der Waals surface area contributed by atoms with Crippen LogP contribution in [0.25, 0.3) is 11.3 Å². The van der Waals surface area contributed by atoms with E-state index in [1.807, 2.05) is 35.7 Å². The zero-order valence-corrected chi connectivity index (χ0v) is 14.3. The molecule has 0 spiro atoms. The van der Waals surface area contributed by atoms with Gasteiger partial charge in [-0.05, 0) is 0 Å². The second kappa shape index (κ2) is 8.34. The number of β-amino-alcohol motifs (C(OH)–C–C–N with tert-alkyl or cyclic N) is 1. The maximum atomic E-state index is 12.2. The number of hydrogen-bond acceptors (Lipinski definition) is 6. The Hall–Kier alpha value is -1.80. The number of hydrogen-bond donors (Lipinski definition) is 2. The van der Waals surface area contributed by atoms with Crippen molar-refractivity contribution in [3.8, 4) is 11.3 Å². The predicted octanol–water partition coefficient (Wildman–Crippen LogP) is 1.36. The maximum absolute atomic E-state index is 12.2. The van der Waals surface area contributed by atoms with Crippen LogP contribution in [0.2, 0.25) is 0 Å². The van der Waals surface area contributed by atoms with Gasteiger partial charge in [0.05, 0.1) is 18.8 Å². The molecule has 6 nitrogen and oxygen atoms in total. The van der Waals surface area contributed by atoms with Gasteiger partial charge in [0.2, 0.25) is 5.91 Å². The third kappa shape index (κ3) is 4.61. The minimum Gasteiger partial charge on any atom is -0.395 e. The van der Waals surface area contributed by atoms with E-state index in [2.05, 4.69) is 20.1 Å². The highest BCUT2D eigenvalue weighted by molar-refractivity contribution is 7.14. The number of thiazole rings is 1. The molecule has 1 fully saturated rings. The molecule has 0 bridgehead atoms. The molecule has 1 aromatic carbocycles. The fourth-order valence-electron chi connectivity index (χ4n) is 2.75. The van der Waals surface area contributed by atoms with E-state index in [9.17, 15) is 4.79 Å². The molecule has 1 aliphatic heterocycles. The summed E-state index contributed by atoms with van der Waals surface area (Å²) in [6, 6.07) is 9.94. The van der Waals surface area contributed by atoms with Crippen LogP contribution in [0.5, 0.6) is 0 Å². The quantitative estimate of drug-likeness (QED) is 0.827. The Labute approximate surface area is 145 Å². The molecule has 2 heterocycles. The van der Waals surface area contributed by atoms with Crippen LogP contribution in [-0.4, -0.2) is 71.7 Å². The van der Waals surface area contributed by atoms with Crippen molar-refractivity contribution in [3.05, 3.63) is 35.7 Å². The van der Waals surface area contributed by atoms with Crippen LogP contribution in [0.15, 0.2) is 35.7 Å². The number of amides is 1. The monoisotopic (exact) mass is 346 g/mol. The van der Waals surface area contributed by atoms with Crippen LogP contribution in [0.3, 0.4) is 0 Å². The van der Waals surface area contributed by atoms with Crippen molar-refractivity contribution in [2.24, 2.45) is 0 Å². The highest BCUT2D eigenvalue weighted by Gasteiger charge is 2.19. The lowest BCUT2D eigenvalue weighted by atomic mass is 10.2. The summed E-state index contributed by atoms with van der Waals surface area (Å²) in [4.78, 5) is 21.0.